The van der Waals surface area contributed by atoms with Crippen LogP contribution < -0.4 is 4.74 Å². The first-order valence-electron chi connectivity index (χ1n) is 6.68. The van der Waals surface area contributed by atoms with Gasteiger partial charge in [0.25, 0.3) is 0 Å². The summed E-state index contributed by atoms with van der Waals surface area (Å²) in [5, 5.41) is 2.13. The van der Waals surface area contributed by atoms with Gasteiger partial charge in [-0.25, -0.2) is 0 Å². The highest BCUT2D eigenvalue weighted by Crippen LogP contribution is 2.24. The second-order valence-corrected chi connectivity index (χ2v) is 4.85. The molecule has 0 spiro atoms. The van der Waals surface area contributed by atoms with Crippen molar-refractivity contribution in [2.24, 2.45) is 0 Å². The van der Waals surface area contributed by atoms with E-state index in [0.717, 1.165) is 22.0 Å². The number of benzene rings is 2. The fraction of sp³-hybridized carbons (Fsp3) is 0.118. The molecule has 22 heavy (non-hydrogen) atoms. The summed E-state index contributed by atoms with van der Waals surface area (Å²) < 4.78 is 40.3. The number of aromatic nitrogens is 1. The van der Waals surface area contributed by atoms with Crippen molar-refractivity contribution in [2.75, 3.05) is 0 Å². The van der Waals surface area contributed by atoms with Crippen LogP contribution in [-0.4, -0.2) is 11.3 Å². The van der Waals surface area contributed by atoms with Crippen molar-refractivity contribution in [1.29, 1.82) is 0 Å². The van der Waals surface area contributed by atoms with Crippen molar-refractivity contribution in [3.8, 4) is 5.75 Å². The van der Waals surface area contributed by atoms with Crippen LogP contribution in [0.15, 0.2) is 60.8 Å². The lowest BCUT2D eigenvalue weighted by Gasteiger charge is -2.10. The molecule has 0 aliphatic rings. The fourth-order valence-electron chi connectivity index (χ4n) is 2.33. The summed E-state index contributed by atoms with van der Waals surface area (Å²) >= 11 is 0. The Labute approximate surface area is 125 Å². The quantitative estimate of drug-likeness (QED) is 0.698. The summed E-state index contributed by atoms with van der Waals surface area (Å²) in [6, 6.07) is 15.7. The Morgan fingerprint density at radius 1 is 0.909 bits per heavy atom. The monoisotopic (exact) mass is 303 g/mol. The molecule has 0 aliphatic carbocycles. The van der Waals surface area contributed by atoms with Gasteiger partial charge in [-0.05, 0) is 29.1 Å². The number of nitrogens with zero attached hydrogens (tertiary/aromatic N) is 1. The molecule has 112 valence electrons. The number of halogens is 3. The zero-order chi connectivity index (χ0) is 15.6. The molecule has 0 unspecified atom stereocenters. The minimum Gasteiger partial charge on any atom is -0.406 e. The number of fused-ring (bicyclic) bond motifs is 1. The summed E-state index contributed by atoms with van der Waals surface area (Å²) in [4.78, 5) is 4.37. The minimum atomic E-state index is -4.67. The predicted octanol–water partition coefficient (Wildman–Crippen LogP) is 4.72. The van der Waals surface area contributed by atoms with E-state index in [1.54, 1.807) is 18.3 Å². The van der Waals surface area contributed by atoms with E-state index >= 15 is 0 Å². The first-order chi connectivity index (χ1) is 10.5. The lowest BCUT2D eigenvalue weighted by atomic mass is 10.0. The van der Waals surface area contributed by atoms with Crippen LogP contribution in [-0.2, 0) is 6.42 Å². The Morgan fingerprint density at radius 3 is 2.36 bits per heavy atom. The third-order valence-corrected chi connectivity index (χ3v) is 3.28. The van der Waals surface area contributed by atoms with Gasteiger partial charge in [-0.15, -0.1) is 13.2 Å². The number of hydrogen-bond acceptors (Lipinski definition) is 2. The van der Waals surface area contributed by atoms with E-state index in [2.05, 4.69) is 9.72 Å². The summed E-state index contributed by atoms with van der Waals surface area (Å²) in [6.45, 7) is 0. The topological polar surface area (TPSA) is 22.1 Å². The normalized spacial score (nSPS) is 11.6. The maximum Gasteiger partial charge on any atom is 0.573 e. The number of hydrogen-bond donors (Lipinski definition) is 0. The van der Waals surface area contributed by atoms with Gasteiger partial charge in [-0.2, -0.15) is 0 Å². The molecule has 0 bridgehead atoms. The molecular weight excluding hydrogens is 291 g/mol. The molecule has 3 aromatic rings. The molecule has 1 aromatic heterocycles. The molecule has 1 heterocycles. The van der Waals surface area contributed by atoms with Crippen molar-refractivity contribution in [3.63, 3.8) is 0 Å². The minimum absolute atomic E-state index is 0.220. The van der Waals surface area contributed by atoms with Crippen molar-refractivity contribution in [2.45, 2.75) is 12.8 Å². The van der Waals surface area contributed by atoms with Gasteiger partial charge in [-0.3, -0.25) is 4.98 Å². The van der Waals surface area contributed by atoms with Crippen molar-refractivity contribution >= 4 is 10.8 Å². The van der Waals surface area contributed by atoms with Crippen molar-refractivity contribution < 1.29 is 17.9 Å². The van der Waals surface area contributed by atoms with E-state index in [-0.39, 0.29) is 5.75 Å². The molecule has 0 fully saturated rings. The highest BCUT2D eigenvalue weighted by Gasteiger charge is 2.30. The molecule has 0 aliphatic heterocycles. The second-order valence-electron chi connectivity index (χ2n) is 4.85. The fourth-order valence-corrected chi connectivity index (χ4v) is 2.33. The summed E-state index contributed by atoms with van der Waals surface area (Å²) in [6.07, 6.45) is -2.38. The van der Waals surface area contributed by atoms with Gasteiger partial charge in [-0.1, -0.05) is 36.4 Å². The van der Waals surface area contributed by atoms with E-state index in [4.69, 9.17) is 0 Å². The lowest BCUT2D eigenvalue weighted by molar-refractivity contribution is -0.274. The average molecular weight is 303 g/mol. The van der Waals surface area contributed by atoms with Gasteiger partial charge < -0.3 is 4.74 Å². The summed E-state index contributed by atoms with van der Waals surface area (Å²) in [7, 11) is 0. The molecule has 0 saturated carbocycles. The third kappa shape index (κ3) is 3.36. The first kappa shape index (κ1) is 14.4. The molecule has 2 nitrogen and oxygen atoms in total. The van der Waals surface area contributed by atoms with Crippen molar-refractivity contribution in [1.82, 2.24) is 4.98 Å². The van der Waals surface area contributed by atoms with E-state index in [0.29, 0.717) is 6.42 Å². The summed E-state index contributed by atoms with van der Waals surface area (Å²) in [5.74, 6) is -0.220. The van der Waals surface area contributed by atoms with Gasteiger partial charge in [0.1, 0.15) is 5.75 Å². The Bertz CT molecular complexity index is 777. The predicted molar refractivity (Wildman–Crippen MR) is 77.7 cm³/mol. The van der Waals surface area contributed by atoms with Crippen LogP contribution in [0, 0.1) is 0 Å². The Hall–Kier alpha value is -2.56. The van der Waals surface area contributed by atoms with Crippen LogP contribution in [0.25, 0.3) is 10.8 Å². The van der Waals surface area contributed by atoms with E-state index in [9.17, 15) is 13.2 Å². The molecule has 0 radical (unpaired) electrons. The zero-order valence-corrected chi connectivity index (χ0v) is 11.5. The highest BCUT2D eigenvalue weighted by atomic mass is 19.4. The van der Waals surface area contributed by atoms with Gasteiger partial charge >= 0.3 is 6.36 Å². The number of rotatable bonds is 3. The van der Waals surface area contributed by atoms with Crippen LogP contribution in [0.2, 0.25) is 0 Å². The molecule has 0 amide bonds. The van der Waals surface area contributed by atoms with Gasteiger partial charge in [0.05, 0.1) is 5.69 Å². The Balaban J connectivity index is 1.83. The molecule has 2 aromatic carbocycles. The van der Waals surface area contributed by atoms with Crippen LogP contribution in [0.3, 0.4) is 0 Å². The Kier molecular flexibility index (Phi) is 3.71. The average Bonchev–Trinajstić information content (AvgIpc) is 2.48. The largest absolute Gasteiger partial charge is 0.573 e. The maximum atomic E-state index is 12.1. The van der Waals surface area contributed by atoms with Gasteiger partial charge in [0.15, 0.2) is 0 Å². The molecule has 0 saturated heterocycles. The lowest BCUT2D eigenvalue weighted by Crippen LogP contribution is -2.17. The molecule has 5 heteroatoms. The van der Waals surface area contributed by atoms with E-state index in [1.807, 2.05) is 30.3 Å². The van der Waals surface area contributed by atoms with E-state index in [1.165, 1.54) is 12.1 Å². The second kappa shape index (κ2) is 5.67. The molecule has 0 atom stereocenters. The molecular formula is C17H12F3NO. The number of pyridine rings is 1. The smallest absolute Gasteiger partial charge is 0.406 e. The van der Waals surface area contributed by atoms with Gasteiger partial charge in [0, 0.05) is 18.0 Å². The van der Waals surface area contributed by atoms with E-state index < -0.39 is 6.36 Å². The standard InChI is InChI=1S/C17H12F3NO/c18-17(19,20)22-14-7-5-12(6-8-14)11-16-15-4-2-1-3-13(15)9-10-21-16/h1-10H,11H2. The number of ether oxygens (including phenoxy) is 1. The molecule has 0 N–H and O–H groups in total. The highest BCUT2D eigenvalue weighted by molar-refractivity contribution is 5.84. The Morgan fingerprint density at radius 2 is 1.64 bits per heavy atom. The zero-order valence-electron chi connectivity index (χ0n) is 11.5. The van der Waals surface area contributed by atoms with Gasteiger partial charge in [0.2, 0.25) is 0 Å². The maximum absolute atomic E-state index is 12.1. The number of alkyl halides is 3. The SMILES string of the molecule is FC(F)(F)Oc1ccc(Cc2nccc3ccccc23)cc1. The van der Waals surface area contributed by atoms with Crippen LogP contribution in [0.1, 0.15) is 11.3 Å². The first-order valence-corrected chi connectivity index (χ1v) is 6.68. The van der Waals surface area contributed by atoms with Crippen molar-refractivity contribution in [3.05, 3.63) is 72.1 Å². The van der Waals surface area contributed by atoms with Crippen LogP contribution >= 0.6 is 0 Å². The third-order valence-electron chi connectivity index (χ3n) is 3.28. The molecule has 3 rings (SSSR count). The van der Waals surface area contributed by atoms with Crippen LogP contribution in [0.5, 0.6) is 5.75 Å². The summed E-state index contributed by atoms with van der Waals surface area (Å²) in [5.41, 5.74) is 1.76. The van der Waals surface area contributed by atoms with Crippen LogP contribution in [0.4, 0.5) is 13.2 Å².